The molecule has 38 heavy (non-hydrogen) atoms. The van der Waals surface area contributed by atoms with Crippen molar-refractivity contribution >= 4 is 10.8 Å². The molecule has 5 heterocycles. The first kappa shape index (κ1) is 22.7. The van der Waals surface area contributed by atoms with Crippen LogP contribution in [0.3, 0.4) is 0 Å². The van der Waals surface area contributed by atoms with E-state index in [1.807, 2.05) is 30.5 Å². The number of allylic oxidation sites excluding steroid dienone is 1. The lowest BCUT2D eigenvalue weighted by Crippen LogP contribution is -2.64. The molecule has 7 aliphatic rings. The summed E-state index contributed by atoms with van der Waals surface area (Å²) in [6, 6.07) is 8.62. The molecule has 198 valence electrons. The fourth-order valence-electron chi connectivity index (χ4n) is 9.69. The fourth-order valence-corrected chi connectivity index (χ4v) is 9.69. The predicted octanol–water partition coefficient (Wildman–Crippen LogP) is 2.55. The molecule has 1 unspecified atom stereocenters. The zero-order valence-electron chi connectivity index (χ0n) is 21.7. The van der Waals surface area contributed by atoms with Gasteiger partial charge in [-0.05, 0) is 66.3 Å². The van der Waals surface area contributed by atoms with E-state index >= 15 is 0 Å². The SMILES string of the molecule is C[C@]12CC=C3C=C4[C@H]5O[C@H]5[C@@H](N5CC(N)C5)C[C@]45CCC3(O5)[C@@H]1C[C@@H](O)[C@]2(O)c1ccc2ccncc2c1. The number of ether oxygens (including phenoxy) is 2. The second-order valence-electron chi connectivity index (χ2n) is 13.4. The van der Waals surface area contributed by atoms with Crippen LogP contribution in [-0.4, -0.2) is 74.8 Å². The predicted molar refractivity (Wildman–Crippen MR) is 141 cm³/mol. The minimum absolute atomic E-state index is 0.00509. The normalized spacial score (nSPS) is 48.9. The lowest BCUT2D eigenvalue weighted by atomic mass is 9.56. The number of fused-ring (bicyclic) bond motifs is 4. The van der Waals surface area contributed by atoms with Crippen LogP contribution in [0.15, 0.2) is 60.0 Å². The number of rotatable bonds is 2. The lowest BCUT2D eigenvalue weighted by Gasteiger charge is -2.56. The van der Waals surface area contributed by atoms with E-state index in [0.29, 0.717) is 18.9 Å². The topological polar surface area (TPSA) is 104 Å². The van der Waals surface area contributed by atoms with Crippen LogP contribution in [0.5, 0.6) is 0 Å². The van der Waals surface area contributed by atoms with Crippen molar-refractivity contribution < 1.29 is 19.7 Å². The first-order valence-electron chi connectivity index (χ1n) is 14.3. The van der Waals surface area contributed by atoms with Crippen LogP contribution in [0.2, 0.25) is 0 Å². The second kappa shape index (κ2) is 6.95. The number of hydrogen-bond acceptors (Lipinski definition) is 7. The second-order valence-corrected chi connectivity index (χ2v) is 13.4. The van der Waals surface area contributed by atoms with Crippen LogP contribution in [0.1, 0.15) is 44.6 Å². The molecule has 4 N–H and O–H groups in total. The van der Waals surface area contributed by atoms with E-state index in [9.17, 15) is 10.2 Å². The number of benzene rings is 1. The van der Waals surface area contributed by atoms with Crippen LogP contribution >= 0.6 is 0 Å². The summed E-state index contributed by atoms with van der Waals surface area (Å²) in [5.74, 6) is 0.00509. The molecule has 9 rings (SSSR count). The van der Waals surface area contributed by atoms with Crippen LogP contribution in [0, 0.1) is 11.3 Å². The summed E-state index contributed by atoms with van der Waals surface area (Å²) in [4.78, 5) is 6.77. The third kappa shape index (κ3) is 2.50. The Hall–Kier alpha value is -2.13. The number of hydrogen-bond donors (Lipinski definition) is 3. The summed E-state index contributed by atoms with van der Waals surface area (Å²) in [5.41, 5.74) is 6.70. The Morgan fingerprint density at radius 1 is 1.16 bits per heavy atom. The third-order valence-electron chi connectivity index (χ3n) is 11.7. The summed E-state index contributed by atoms with van der Waals surface area (Å²) >= 11 is 0. The average molecular weight is 514 g/mol. The maximum atomic E-state index is 12.5. The van der Waals surface area contributed by atoms with E-state index in [1.165, 1.54) is 11.1 Å². The van der Waals surface area contributed by atoms with Gasteiger partial charge in [-0.3, -0.25) is 9.88 Å². The van der Waals surface area contributed by atoms with Gasteiger partial charge in [-0.15, -0.1) is 0 Å². The highest BCUT2D eigenvalue weighted by atomic mass is 16.6. The highest BCUT2D eigenvalue weighted by molar-refractivity contribution is 5.82. The largest absolute Gasteiger partial charge is 0.390 e. The van der Waals surface area contributed by atoms with Crippen molar-refractivity contribution in [3.8, 4) is 0 Å². The number of nitrogens with two attached hydrogens (primary N) is 1. The molecule has 9 atom stereocenters. The van der Waals surface area contributed by atoms with E-state index in [1.54, 1.807) is 6.20 Å². The first-order valence-corrected chi connectivity index (χ1v) is 14.3. The molecule has 4 aliphatic heterocycles. The summed E-state index contributed by atoms with van der Waals surface area (Å²) in [5, 5.41) is 26.2. The van der Waals surface area contributed by atoms with Gasteiger partial charge in [0.25, 0.3) is 0 Å². The molecular formula is C31H35N3O4. The van der Waals surface area contributed by atoms with Gasteiger partial charge in [0, 0.05) is 54.3 Å². The average Bonchev–Trinajstić information content (AvgIpc) is 3.60. The van der Waals surface area contributed by atoms with Crippen molar-refractivity contribution in [2.75, 3.05) is 13.1 Å². The quantitative estimate of drug-likeness (QED) is 0.530. The number of nitrogens with zero attached hydrogens (tertiary/aromatic N) is 2. The van der Waals surface area contributed by atoms with Crippen molar-refractivity contribution in [1.82, 2.24) is 9.88 Å². The molecule has 5 fully saturated rings. The molecule has 0 amide bonds. The molecule has 2 bridgehead atoms. The monoisotopic (exact) mass is 513 g/mol. The lowest BCUT2D eigenvalue weighted by molar-refractivity contribution is -0.175. The standard InChI is InChI=1S/C31H35N3O4/c1-28-6-4-19-11-22-26-27(37-26)23(34-15-21(32)16-34)13-29(22)7-8-30(19,38-29)24(28)12-25(35)31(28,36)20-3-2-17-5-9-33-14-18(17)10-20/h2-5,9-11,14,21,23-27,35-36H,6-8,12-13,15-16,32H2,1H3/t23-,24+,25+,26+,27-,28-,29+,30?,31+/m0/s1. The Balaban J connectivity index is 1.13. The summed E-state index contributed by atoms with van der Waals surface area (Å²) < 4.78 is 13.7. The van der Waals surface area contributed by atoms with Gasteiger partial charge in [0.2, 0.25) is 0 Å². The summed E-state index contributed by atoms with van der Waals surface area (Å²) in [6.07, 6.45) is 11.8. The Morgan fingerprint density at radius 3 is 2.87 bits per heavy atom. The van der Waals surface area contributed by atoms with Crippen molar-refractivity contribution in [2.24, 2.45) is 17.1 Å². The van der Waals surface area contributed by atoms with Gasteiger partial charge >= 0.3 is 0 Å². The molecule has 7 heteroatoms. The summed E-state index contributed by atoms with van der Waals surface area (Å²) in [7, 11) is 0. The van der Waals surface area contributed by atoms with Crippen molar-refractivity contribution in [1.29, 1.82) is 0 Å². The number of pyridine rings is 1. The van der Waals surface area contributed by atoms with Gasteiger partial charge in [-0.2, -0.15) is 0 Å². The van der Waals surface area contributed by atoms with Gasteiger partial charge in [-0.25, -0.2) is 0 Å². The van der Waals surface area contributed by atoms with Crippen molar-refractivity contribution in [3.63, 3.8) is 0 Å². The Kier molecular flexibility index (Phi) is 4.14. The highest BCUT2D eigenvalue weighted by Gasteiger charge is 2.75. The van der Waals surface area contributed by atoms with E-state index < -0.39 is 22.7 Å². The van der Waals surface area contributed by atoms with Crippen LogP contribution < -0.4 is 5.73 Å². The van der Waals surface area contributed by atoms with E-state index in [-0.39, 0.29) is 29.8 Å². The molecule has 3 aliphatic carbocycles. The van der Waals surface area contributed by atoms with E-state index in [2.05, 4.69) is 29.0 Å². The maximum absolute atomic E-state index is 12.5. The zero-order valence-corrected chi connectivity index (χ0v) is 21.7. The highest BCUT2D eigenvalue weighted by Crippen LogP contribution is 2.71. The van der Waals surface area contributed by atoms with Gasteiger partial charge in [0.1, 0.15) is 17.8 Å². The number of aliphatic hydroxyl groups excluding tert-OH is 1. The molecule has 3 saturated heterocycles. The van der Waals surface area contributed by atoms with Crippen molar-refractivity contribution in [2.45, 2.75) is 86.2 Å². The van der Waals surface area contributed by atoms with Gasteiger partial charge < -0.3 is 25.4 Å². The van der Waals surface area contributed by atoms with Crippen LogP contribution in [0.25, 0.3) is 10.8 Å². The Labute approximate surface area is 222 Å². The Bertz CT molecular complexity index is 1450. The first-order chi connectivity index (χ1) is 18.3. The molecule has 0 radical (unpaired) electrons. The molecule has 1 aromatic heterocycles. The van der Waals surface area contributed by atoms with Gasteiger partial charge in [-0.1, -0.05) is 31.2 Å². The number of aliphatic hydroxyl groups is 2. The molecule has 1 aromatic carbocycles. The summed E-state index contributed by atoms with van der Waals surface area (Å²) in [6.45, 7) is 4.04. The zero-order chi connectivity index (χ0) is 25.7. The fraction of sp³-hybridized carbons (Fsp3) is 0.581. The molecular weight excluding hydrogens is 478 g/mol. The minimum Gasteiger partial charge on any atom is -0.390 e. The van der Waals surface area contributed by atoms with Gasteiger partial charge in [0.05, 0.1) is 17.3 Å². The smallest absolute Gasteiger partial charge is 0.121 e. The molecule has 7 nitrogen and oxygen atoms in total. The van der Waals surface area contributed by atoms with Gasteiger partial charge in [0.15, 0.2) is 0 Å². The van der Waals surface area contributed by atoms with Crippen LogP contribution in [-0.2, 0) is 15.1 Å². The number of epoxide rings is 1. The molecule has 2 aromatic rings. The van der Waals surface area contributed by atoms with E-state index in [4.69, 9.17) is 15.2 Å². The molecule has 2 saturated carbocycles. The van der Waals surface area contributed by atoms with E-state index in [0.717, 1.165) is 48.7 Å². The number of likely N-dealkylation sites (tertiary alicyclic amines) is 1. The Morgan fingerprint density at radius 2 is 2.03 bits per heavy atom. The third-order valence-corrected chi connectivity index (χ3v) is 11.7. The minimum atomic E-state index is -1.38. The maximum Gasteiger partial charge on any atom is 0.121 e. The molecule has 2 spiro atoms. The van der Waals surface area contributed by atoms with Crippen molar-refractivity contribution in [3.05, 3.63) is 65.5 Å². The van der Waals surface area contributed by atoms with Crippen LogP contribution in [0.4, 0.5) is 0 Å². The number of aromatic nitrogens is 1.